The van der Waals surface area contributed by atoms with Gasteiger partial charge in [0.1, 0.15) is 5.75 Å². The maximum Gasteiger partial charge on any atom is 0.266 e. The summed E-state index contributed by atoms with van der Waals surface area (Å²) in [6, 6.07) is 5.71. The fraction of sp³-hybridized carbons (Fsp3) is 0.250. The highest BCUT2D eigenvalue weighted by Gasteiger charge is 2.05. The van der Waals surface area contributed by atoms with E-state index in [1.165, 1.54) is 11.8 Å². The van der Waals surface area contributed by atoms with Crippen molar-refractivity contribution in [3.63, 3.8) is 0 Å². The van der Waals surface area contributed by atoms with E-state index < -0.39 is 6.08 Å². The Hall–Kier alpha value is -1.14. The number of allylic oxidation sites excluding steroid dienone is 1. The number of ether oxygens (including phenoxy) is 1. The van der Waals surface area contributed by atoms with Gasteiger partial charge in [0.15, 0.2) is 4.34 Å². The van der Waals surface area contributed by atoms with Crippen molar-refractivity contribution in [1.82, 2.24) is 4.98 Å². The van der Waals surface area contributed by atoms with Crippen molar-refractivity contribution in [2.45, 2.75) is 10.8 Å². The van der Waals surface area contributed by atoms with E-state index in [1.54, 1.807) is 18.4 Å². The third kappa shape index (κ3) is 3.43. The lowest BCUT2D eigenvalue weighted by Gasteiger charge is -1.96. The van der Waals surface area contributed by atoms with E-state index in [0.717, 1.165) is 26.4 Å². The molecule has 0 bridgehead atoms. The number of rotatable bonds is 5. The zero-order chi connectivity index (χ0) is 13.0. The minimum absolute atomic E-state index is 0.353. The van der Waals surface area contributed by atoms with E-state index >= 15 is 0 Å². The molecule has 0 saturated carbocycles. The van der Waals surface area contributed by atoms with Crippen LogP contribution in [0.15, 0.2) is 34.7 Å². The Bertz CT molecular complexity index is 564. The van der Waals surface area contributed by atoms with Crippen molar-refractivity contribution in [3.8, 4) is 5.75 Å². The Kier molecular flexibility index (Phi) is 4.54. The van der Waals surface area contributed by atoms with Crippen LogP contribution in [0.25, 0.3) is 10.2 Å². The van der Waals surface area contributed by atoms with Gasteiger partial charge < -0.3 is 4.74 Å². The maximum absolute atomic E-state index is 11.8. The molecule has 2 rings (SSSR count). The summed E-state index contributed by atoms with van der Waals surface area (Å²) < 4.78 is 30.8. The van der Waals surface area contributed by atoms with Crippen LogP contribution >= 0.6 is 23.1 Å². The second-order valence-electron chi connectivity index (χ2n) is 3.44. The van der Waals surface area contributed by atoms with Gasteiger partial charge in [-0.15, -0.1) is 11.3 Å². The molecule has 1 heterocycles. The summed E-state index contributed by atoms with van der Waals surface area (Å²) in [4.78, 5) is 4.43. The smallest absolute Gasteiger partial charge is 0.266 e. The molecule has 0 fully saturated rings. The van der Waals surface area contributed by atoms with Crippen LogP contribution in [0.4, 0.5) is 8.78 Å². The molecular formula is C12H11F2NOS2. The van der Waals surface area contributed by atoms with Crippen LogP contribution in [0.1, 0.15) is 6.42 Å². The second kappa shape index (κ2) is 6.15. The Morgan fingerprint density at radius 1 is 1.50 bits per heavy atom. The SMILES string of the molecule is COc1ccc2sc(SCCC=C(F)F)nc2c1. The molecule has 0 atom stereocenters. The lowest BCUT2D eigenvalue weighted by Crippen LogP contribution is -1.81. The monoisotopic (exact) mass is 287 g/mol. The highest BCUT2D eigenvalue weighted by Crippen LogP contribution is 2.31. The molecule has 18 heavy (non-hydrogen) atoms. The van der Waals surface area contributed by atoms with Crippen LogP contribution in [0.5, 0.6) is 5.75 Å². The number of halogens is 2. The molecule has 0 unspecified atom stereocenters. The van der Waals surface area contributed by atoms with E-state index in [9.17, 15) is 8.78 Å². The molecule has 0 saturated heterocycles. The van der Waals surface area contributed by atoms with Gasteiger partial charge in [-0.25, -0.2) is 4.98 Å². The van der Waals surface area contributed by atoms with Crippen LogP contribution in [0.3, 0.4) is 0 Å². The van der Waals surface area contributed by atoms with Crippen LogP contribution in [-0.2, 0) is 0 Å². The normalized spacial score (nSPS) is 10.6. The highest BCUT2D eigenvalue weighted by molar-refractivity contribution is 8.01. The fourth-order valence-electron chi connectivity index (χ4n) is 1.39. The molecule has 0 radical (unpaired) electrons. The fourth-order valence-corrected chi connectivity index (χ4v) is 3.39. The predicted molar refractivity (Wildman–Crippen MR) is 71.8 cm³/mol. The lowest BCUT2D eigenvalue weighted by molar-refractivity contribution is 0.415. The molecule has 2 aromatic rings. The number of hydrogen-bond donors (Lipinski definition) is 0. The van der Waals surface area contributed by atoms with Crippen LogP contribution in [-0.4, -0.2) is 17.8 Å². The highest BCUT2D eigenvalue weighted by atomic mass is 32.2. The molecule has 0 aliphatic heterocycles. The Morgan fingerprint density at radius 3 is 3.06 bits per heavy atom. The maximum atomic E-state index is 11.8. The molecule has 96 valence electrons. The second-order valence-corrected chi connectivity index (χ2v) is 5.82. The van der Waals surface area contributed by atoms with Gasteiger partial charge in [-0.1, -0.05) is 11.8 Å². The first-order valence-electron chi connectivity index (χ1n) is 5.27. The van der Waals surface area contributed by atoms with E-state index in [1.807, 2.05) is 18.2 Å². The Morgan fingerprint density at radius 2 is 2.33 bits per heavy atom. The van der Waals surface area contributed by atoms with Gasteiger partial charge in [-0.05, 0) is 24.6 Å². The van der Waals surface area contributed by atoms with Crippen molar-refractivity contribution in [3.05, 3.63) is 30.4 Å². The Labute approximate surface area is 112 Å². The van der Waals surface area contributed by atoms with Crippen LogP contribution in [0, 0.1) is 0 Å². The summed E-state index contributed by atoms with van der Waals surface area (Å²) in [5, 5.41) is 0. The van der Waals surface area contributed by atoms with Gasteiger partial charge in [0, 0.05) is 11.8 Å². The zero-order valence-electron chi connectivity index (χ0n) is 9.65. The molecule has 0 amide bonds. The van der Waals surface area contributed by atoms with Gasteiger partial charge in [0.25, 0.3) is 6.08 Å². The van der Waals surface area contributed by atoms with Gasteiger partial charge >= 0.3 is 0 Å². The largest absolute Gasteiger partial charge is 0.497 e. The summed E-state index contributed by atoms with van der Waals surface area (Å²) >= 11 is 3.05. The standard InChI is InChI=1S/C12H11F2NOS2/c1-16-8-4-5-10-9(7-8)15-12(18-10)17-6-2-3-11(13)14/h3-5,7H,2,6H2,1H3. The zero-order valence-corrected chi connectivity index (χ0v) is 11.3. The summed E-state index contributed by atoms with van der Waals surface area (Å²) in [7, 11) is 1.61. The first-order chi connectivity index (χ1) is 8.69. The molecule has 0 N–H and O–H groups in total. The predicted octanol–water partition coefficient (Wildman–Crippen LogP) is 4.57. The quantitative estimate of drug-likeness (QED) is 0.594. The molecule has 6 heteroatoms. The number of thioether (sulfide) groups is 1. The number of hydrogen-bond acceptors (Lipinski definition) is 4. The number of methoxy groups -OCH3 is 1. The first-order valence-corrected chi connectivity index (χ1v) is 7.08. The summed E-state index contributed by atoms with van der Waals surface area (Å²) in [5.74, 6) is 1.38. The Balaban J connectivity index is 2.03. The van der Waals surface area contributed by atoms with Crippen LogP contribution in [0.2, 0.25) is 0 Å². The van der Waals surface area contributed by atoms with E-state index in [4.69, 9.17) is 4.74 Å². The molecular weight excluding hydrogens is 276 g/mol. The third-order valence-electron chi connectivity index (χ3n) is 2.22. The average Bonchev–Trinajstić information content (AvgIpc) is 2.75. The minimum atomic E-state index is -1.62. The summed E-state index contributed by atoms with van der Waals surface area (Å²) in [6.07, 6.45) is -0.333. The molecule has 0 aliphatic rings. The molecule has 1 aromatic heterocycles. The molecule has 2 nitrogen and oxygen atoms in total. The van der Waals surface area contributed by atoms with E-state index in [2.05, 4.69) is 4.98 Å². The number of fused-ring (bicyclic) bond motifs is 1. The van der Waals surface area contributed by atoms with Crippen molar-refractivity contribution >= 4 is 33.3 Å². The van der Waals surface area contributed by atoms with E-state index in [0.29, 0.717) is 12.2 Å². The van der Waals surface area contributed by atoms with Crippen molar-refractivity contribution in [1.29, 1.82) is 0 Å². The van der Waals surface area contributed by atoms with Crippen molar-refractivity contribution in [2.24, 2.45) is 0 Å². The van der Waals surface area contributed by atoms with Gasteiger partial charge in [-0.2, -0.15) is 8.78 Å². The first kappa shape index (κ1) is 13.3. The van der Waals surface area contributed by atoms with E-state index in [-0.39, 0.29) is 0 Å². The van der Waals surface area contributed by atoms with Gasteiger partial charge in [-0.3, -0.25) is 0 Å². The lowest BCUT2D eigenvalue weighted by atomic mass is 10.3. The molecule has 0 aliphatic carbocycles. The number of aromatic nitrogens is 1. The minimum Gasteiger partial charge on any atom is -0.497 e. The number of benzene rings is 1. The average molecular weight is 287 g/mol. The van der Waals surface area contributed by atoms with Crippen molar-refractivity contribution in [2.75, 3.05) is 12.9 Å². The van der Waals surface area contributed by atoms with Gasteiger partial charge in [0.2, 0.25) is 0 Å². The van der Waals surface area contributed by atoms with Crippen LogP contribution < -0.4 is 4.74 Å². The summed E-state index contributed by atoms with van der Waals surface area (Å²) in [6.45, 7) is 0. The molecule has 0 spiro atoms. The number of nitrogens with zero attached hydrogens (tertiary/aromatic N) is 1. The van der Waals surface area contributed by atoms with Gasteiger partial charge in [0.05, 0.1) is 17.3 Å². The molecule has 1 aromatic carbocycles. The summed E-state index contributed by atoms with van der Waals surface area (Å²) in [5.41, 5.74) is 0.883. The number of thiazole rings is 1. The third-order valence-corrected chi connectivity index (χ3v) is 4.43. The topological polar surface area (TPSA) is 22.1 Å². The van der Waals surface area contributed by atoms with Crippen molar-refractivity contribution < 1.29 is 13.5 Å².